The average Bonchev–Trinajstić information content (AvgIpc) is 2.46. The summed E-state index contributed by atoms with van der Waals surface area (Å²) in [6.45, 7) is 0. The zero-order valence-electron chi connectivity index (χ0n) is 11.0. The van der Waals surface area contributed by atoms with Gasteiger partial charge in [-0.15, -0.1) is 0 Å². The molecule has 0 atom stereocenters. The van der Waals surface area contributed by atoms with Gasteiger partial charge in [0.2, 0.25) is 11.9 Å². The maximum Gasteiger partial charge on any atom is 0.249 e. The van der Waals surface area contributed by atoms with Crippen LogP contribution < -0.4 is 10.9 Å². The molecule has 1 amide bonds. The number of hydrogen-bond acceptors (Lipinski definition) is 4. The second-order valence-corrected chi connectivity index (χ2v) is 4.95. The molecule has 0 aliphatic heterocycles. The Balaban J connectivity index is 1.72. The average molecular weight is 268 g/mol. The Morgan fingerprint density at radius 3 is 2.35 bits per heavy atom. The summed E-state index contributed by atoms with van der Waals surface area (Å²) in [5, 5.41) is 0. The maximum atomic E-state index is 12.5. The smallest absolute Gasteiger partial charge is 0.249 e. The third-order valence-corrected chi connectivity index (χ3v) is 3.82. The van der Waals surface area contributed by atoms with E-state index in [0.29, 0.717) is 5.95 Å². The molecule has 0 radical (unpaired) electrons. The third-order valence-electron chi connectivity index (χ3n) is 3.82. The summed E-state index contributed by atoms with van der Waals surface area (Å²) in [5.74, 6) is 0.366. The minimum Gasteiger partial charge on any atom is -0.272 e. The van der Waals surface area contributed by atoms with E-state index >= 15 is 0 Å². The van der Waals surface area contributed by atoms with Gasteiger partial charge in [0.05, 0.1) is 5.41 Å². The largest absolute Gasteiger partial charge is 0.272 e. The lowest BCUT2D eigenvalue weighted by Gasteiger charge is -2.40. The lowest BCUT2D eigenvalue weighted by atomic mass is 9.64. The second-order valence-electron chi connectivity index (χ2n) is 4.95. The Morgan fingerprint density at radius 2 is 1.75 bits per heavy atom. The fraction of sp³-hybridized carbons (Fsp3) is 0.267. The van der Waals surface area contributed by atoms with Gasteiger partial charge in [0.15, 0.2) is 0 Å². The molecule has 1 aliphatic rings. The van der Waals surface area contributed by atoms with Crippen LogP contribution in [0.2, 0.25) is 0 Å². The van der Waals surface area contributed by atoms with Gasteiger partial charge in [0, 0.05) is 12.4 Å². The minimum atomic E-state index is -0.414. The zero-order valence-corrected chi connectivity index (χ0v) is 11.0. The number of anilines is 1. The Morgan fingerprint density at radius 1 is 1.05 bits per heavy atom. The number of amides is 1. The SMILES string of the molecule is O=C(NNc1ncccn1)C1(c2ccccc2)CCC1. The molecule has 0 saturated heterocycles. The molecule has 3 rings (SSSR count). The van der Waals surface area contributed by atoms with Crippen molar-refractivity contribution in [3.05, 3.63) is 54.4 Å². The van der Waals surface area contributed by atoms with E-state index in [-0.39, 0.29) is 5.91 Å². The van der Waals surface area contributed by atoms with Crippen molar-refractivity contribution in [1.29, 1.82) is 0 Å². The van der Waals surface area contributed by atoms with E-state index in [2.05, 4.69) is 20.8 Å². The van der Waals surface area contributed by atoms with Crippen molar-refractivity contribution in [2.75, 3.05) is 5.43 Å². The lowest BCUT2D eigenvalue weighted by molar-refractivity contribution is -0.129. The summed E-state index contributed by atoms with van der Waals surface area (Å²) in [4.78, 5) is 20.5. The summed E-state index contributed by atoms with van der Waals surface area (Å²) in [5.41, 5.74) is 6.15. The Hall–Kier alpha value is -2.43. The van der Waals surface area contributed by atoms with E-state index in [1.54, 1.807) is 18.5 Å². The molecule has 0 unspecified atom stereocenters. The Kier molecular flexibility index (Phi) is 3.33. The van der Waals surface area contributed by atoms with Crippen LogP contribution in [0.25, 0.3) is 0 Å². The highest BCUT2D eigenvalue weighted by atomic mass is 16.2. The first-order valence-corrected chi connectivity index (χ1v) is 6.70. The molecule has 102 valence electrons. The van der Waals surface area contributed by atoms with Gasteiger partial charge >= 0.3 is 0 Å². The molecule has 5 nitrogen and oxygen atoms in total. The number of nitrogens with one attached hydrogen (secondary N) is 2. The number of benzene rings is 1. The van der Waals surface area contributed by atoms with Crippen molar-refractivity contribution in [2.24, 2.45) is 0 Å². The van der Waals surface area contributed by atoms with Crippen molar-refractivity contribution >= 4 is 11.9 Å². The number of carbonyl (C=O) groups excluding carboxylic acids is 1. The highest BCUT2D eigenvalue weighted by Gasteiger charge is 2.45. The fourth-order valence-corrected chi connectivity index (χ4v) is 2.53. The summed E-state index contributed by atoms with van der Waals surface area (Å²) in [7, 11) is 0. The monoisotopic (exact) mass is 268 g/mol. The van der Waals surface area contributed by atoms with Crippen molar-refractivity contribution < 1.29 is 4.79 Å². The van der Waals surface area contributed by atoms with E-state index in [1.165, 1.54) is 0 Å². The predicted octanol–water partition coefficient (Wildman–Crippen LogP) is 2.04. The van der Waals surface area contributed by atoms with Crippen LogP contribution in [0.15, 0.2) is 48.8 Å². The molecule has 1 aromatic heterocycles. The number of aromatic nitrogens is 2. The first-order valence-electron chi connectivity index (χ1n) is 6.70. The van der Waals surface area contributed by atoms with Crippen LogP contribution in [0.4, 0.5) is 5.95 Å². The quantitative estimate of drug-likeness (QED) is 0.833. The van der Waals surface area contributed by atoms with Crippen LogP contribution in [-0.4, -0.2) is 15.9 Å². The van der Waals surface area contributed by atoms with E-state index in [4.69, 9.17) is 0 Å². The minimum absolute atomic E-state index is 0.0256. The molecular formula is C15H16N4O. The molecule has 2 N–H and O–H groups in total. The number of nitrogens with zero attached hydrogens (tertiary/aromatic N) is 2. The normalized spacial score (nSPS) is 16.0. The number of carbonyl (C=O) groups is 1. The summed E-state index contributed by atoms with van der Waals surface area (Å²) < 4.78 is 0. The third kappa shape index (κ3) is 2.22. The van der Waals surface area contributed by atoms with Crippen molar-refractivity contribution in [1.82, 2.24) is 15.4 Å². The molecule has 5 heteroatoms. The molecule has 1 heterocycles. The van der Waals surface area contributed by atoms with Gasteiger partial charge in [0.25, 0.3) is 0 Å². The topological polar surface area (TPSA) is 66.9 Å². The number of hydrogen-bond donors (Lipinski definition) is 2. The van der Waals surface area contributed by atoms with Crippen molar-refractivity contribution in [2.45, 2.75) is 24.7 Å². The van der Waals surface area contributed by atoms with E-state index in [1.807, 2.05) is 30.3 Å². The number of rotatable bonds is 4. The van der Waals surface area contributed by atoms with Gasteiger partial charge in [0.1, 0.15) is 0 Å². The zero-order chi connectivity index (χ0) is 13.8. The van der Waals surface area contributed by atoms with Crippen LogP contribution in [0.3, 0.4) is 0 Å². The highest BCUT2D eigenvalue weighted by Crippen LogP contribution is 2.43. The molecule has 20 heavy (non-hydrogen) atoms. The van der Waals surface area contributed by atoms with Crippen LogP contribution in [0, 0.1) is 0 Å². The van der Waals surface area contributed by atoms with E-state index in [9.17, 15) is 4.79 Å². The van der Waals surface area contributed by atoms with Crippen LogP contribution >= 0.6 is 0 Å². The molecule has 0 bridgehead atoms. The second kappa shape index (κ2) is 5.28. The van der Waals surface area contributed by atoms with Gasteiger partial charge in [-0.25, -0.2) is 9.97 Å². The molecule has 0 spiro atoms. The maximum absolute atomic E-state index is 12.5. The standard InChI is InChI=1S/C15H16N4O/c20-13(18-19-14-16-10-5-11-17-14)15(8-4-9-15)12-6-2-1-3-7-12/h1-3,5-7,10-11H,4,8-9H2,(H,18,20)(H,16,17,19). The summed E-state index contributed by atoms with van der Waals surface area (Å²) in [6.07, 6.45) is 6.07. The molecule has 1 fully saturated rings. The van der Waals surface area contributed by atoms with Crippen molar-refractivity contribution in [3.8, 4) is 0 Å². The van der Waals surface area contributed by atoms with Gasteiger partial charge in [-0.2, -0.15) is 0 Å². The van der Waals surface area contributed by atoms with Gasteiger partial charge in [-0.05, 0) is 24.5 Å². The highest BCUT2D eigenvalue weighted by molar-refractivity contribution is 5.89. The Labute approximate surface area is 117 Å². The van der Waals surface area contributed by atoms with E-state index < -0.39 is 5.41 Å². The lowest BCUT2D eigenvalue weighted by Crippen LogP contribution is -2.50. The Bertz CT molecular complexity index is 581. The summed E-state index contributed by atoms with van der Waals surface area (Å²) in [6, 6.07) is 11.6. The van der Waals surface area contributed by atoms with Gasteiger partial charge < -0.3 is 0 Å². The molecule has 2 aromatic rings. The first kappa shape index (κ1) is 12.6. The van der Waals surface area contributed by atoms with E-state index in [0.717, 1.165) is 24.8 Å². The van der Waals surface area contributed by atoms with Crippen LogP contribution in [-0.2, 0) is 10.2 Å². The predicted molar refractivity (Wildman–Crippen MR) is 75.8 cm³/mol. The summed E-state index contributed by atoms with van der Waals surface area (Å²) >= 11 is 0. The molecular weight excluding hydrogens is 252 g/mol. The fourth-order valence-electron chi connectivity index (χ4n) is 2.53. The number of hydrazine groups is 1. The van der Waals surface area contributed by atoms with Gasteiger partial charge in [-0.3, -0.25) is 15.6 Å². The molecule has 1 aromatic carbocycles. The molecule has 1 aliphatic carbocycles. The first-order chi connectivity index (χ1) is 9.81. The van der Waals surface area contributed by atoms with Crippen molar-refractivity contribution in [3.63, 3.8) is 0 Å². The van der Waals surface area contributed by atoms with Crippen LogP contribution in [0.5, 0.6) is 0 Å². The van der Waals surface area contributed by atoms with Crippen LogP contribution in [0.1, 0.15) is 24.8 Å². The molecule has 1 saturated carbocycles. The van der Waals surface area contributed by atoms with Gasteiger partial charge in [-0.1, -0.05) is 36.8 Å².